The fraction of sp³-hybridized carbons (Fsp3) is 0.0455. The maximum absolute atomic E-state index is 7.47. The molecule has 0 N–H and O–H groups in total. The Labute approximate surface area is 276 Å². The Balaban J connectivity index is 1.38. The van der Waals surface area contributed by atoms with Gasteiger partial charge in [0.15, 0.2) is 0 Å². The van der Waals surface area contributed by atoms with Crippen LogP contribution in [0.3, 0.4) is 0 Å². The van der Waals surface area contributed by atoms with Gasteiger partial charge in [0.25, 0.3) is 0 Å². The summed E-state index contributed by atoms with van der Waals surface area (Å²) in [5.74, 6) is 0. The van der Waals surface area contributed by atoms with Crippen molar-refractivity contribution >= 4 is 43.1 Å². The molecule has 3 aliphatic carbocycles. The topological polar surface area (TPSA) is 0 Å². The van der Waals surface area contributed by atoms with Gasteiger partial charge in [0.2, 0.25) is 0 Å². The molecular formula is C44H25ClS. The normalized spacial score (nSPS) is 15.4. The van der Waals surface area contributed by atoms with Gasteiger partial charge < -0.3 is 0 Å². The van der Waals surface area contributed by atoms with Crippen LogP contribution < -0.4 is 0 Å². The van der Waals surface area contributed by atoms with Crippen molar-refractivity contribution < 1.29 is 0 Å². The van der Waals surface area contributed by atoms with Crippen LogP contribution in [0.5, 0.6) is 0 Å². The van der Waals surface area contributed by atoms with Crippen molar-refractivity contribution in [3.8, 4) is 22.3 Å². The molecule has 46 heavy (non-hydrogen) atoms. The number of rotatable bonds is 0. The van der Waals surface area contributed by atoms with E-state index in [4.69, 9.17) is 11.6 Å². The van der Waals surface area contributed by atoms with E-state index in [1.54, 1.807) is 0 Å². The fourth-order valence-corrected chi connectivity index (χ4v) is 11.0. The predicted molar refractivity (Wildman–Crippen MR) is 193 cm³/mol. The van der Waals surface area contributed by atoms with Crippen molar-refractivity contribution in [1.29, 1.82) is 0 Å². The minimum absolute atomic E-state index is 0.449. The monoisotopic (exact) mass is 620 g/mol. The molecule has 0 fully saturated rings. The molecule has 1 aromatic heterocycles. The second-order valence-corrected chi connectivity index (χ2v) is 14.3. The standard InChI is InChI=1S/C44H25ClS/c45-37-22-11-15-29-40-36(24-25-39-41(40)28-14-3-10-23-38(28)46-39)44(42(29)37)34-20-8-6-18-32(34)43(33-19-7-9-21-35(33)44)30-16-4-1-12-26(30)27-13-2-5-17-31(27)43/h1-25H. The van der Waals surface area contributed by atoms with E-state index in [2.05, 4.69) is 152 Å². The molecule has 1 heterocycles. The van der Waals surface area contributed by atoms with Gasteiger partial charge in [0, 0.05) is 25.2 Å². The van der Waals surface area contributed by atoms with E-state index < -0.39 is 10.8 Å². The summed E-state index contributed by atoms with van der Waals surface area (Å²) in [6.45, 7) is 0. The minimum atomic E-state index is -0.578. The number of hydrogen-bond donors (Lipinski definition) is 0. The molecule has 0 bridgehead atoms. The van der Waals surface area contributed by atoms with Crippen molar-refractivity contribution in [1.82, 2.24) is 0 Å². The molecule has 0 saturated heterocycles. The van der Waals surface area contributed by atoms with Crippen LogP contribution in [0.1, 0.15) is 44.5 Å². The Bertz CT molecular complexity index is 2530. The molecular weight excluding hydrogens is 596 g/mol. The molecule has 0 unspecified atom stereocenters. The zero-order valence-electron chi connectivity index (χ0n) is 24.7. The van der Waals surface area contributed by atoms with Crippen molar-refractivity contribution in [2.45, 2.75) is 10.8 Å². The van der Waals surface area contributed by atoms with E-state index in [0.29, 0.717) is 0 Å². The second-order valence-electron chi connectivity index (χ2n) is 12.8. The summed E-state index contributed by atoms with van der Waals surface area (Å²) in [5.41, 5.74) is 14.7. The van der Waals surface area contributed by atoms with Gasteiger partial charge in [-0.25, -0.2) is 0 Å². The van der Waals surface area contributed by atoms with E-state index in [0.717, 1.165) is 5.02 Å². The molecule has 214 valence electrons. The van der Waals surface area contributed by atoms with Gasteiger partial charge in [-0.1, -0.05) is 145 Å². The first kappa shape index (κ1) is 25.3. The lowest BCUT2D eigenvalue weighted by Gasteiger charge is -2.49. The van der Waals surface area contributed by atoms with Crippen molar-refractivity contribution in [2.75, 3.05) is 0 Å². The summed E-state index contributed by atoms with van der Waals surface area (Å²) >= 11 is 9.35. The molecule has 8 aromatic rings. The fourth-order valence-electron chi connectivity index (χ4n) is 9.60. The summed E-state index contributed by atoms with van der Waals surface area (Å²) in [7, 11) is 0. The molecule has 7 aromatic carbocycles. The predicted octanol–water partition coefficient (Wildman–Crippen LogP) is 11.7. The first-order valence-corrected chi connectivity index (χ1v) is 17.1. The van der Waals surface area contributed by atoms with E-state index in [1.807, 2.05) is 11.3 Å². The van der Waals surface area contributed by atoms with Crippen LogP contribution in [-0.2, 0) is 10.8 Å². The highest BCUT2D eigenvalue weighted by Crippen LogP contribution is 2.68. The van der Waals surface area contributed by atoms with Crippen LogP contribution in [0, 0.1) is 0 Å². The first-order chi connectivity index (χ1) is 22.8. The third-order valence-corrected chi connectivity index (χ3v) is 12.5. The van der Waals surface area contributed by atoms with Crippen LogP contribution in [0.2, 0.25) is 5.02 Å². The van der Waals surface area contributed by atoms with Crippen molar-refractivity contribution in [3.05, 3.63) is 201 Å². The Morgan fingerprint density at radius 2 is 0.913 bits per heavy atom. The number of benzene rings is 7. The maximum atomic E-state index is 7.47. The zero-order chi connectivity index (χ0) is 30.2. The van der Waals surface area contributed by atoms with Gasteiger partial charge in [0.05, 0.1) is 10.8 Å². The summed E-state index contributed by atoms with van der Waals surface area (Å²) in [5, 5.41) is 3.47. The molecule has 0 radical (unpaired) electrons. The Morgan fingerprint density at radius 1 is 0.391 bits per heavy atom. The lowest BCUT2D eigenvalue weighted by atomic mass is 9.52. The highest BCUT2D eigenvalue weighted by atomic mass is 35.5. The largest absolute Gasteiger partial charge is 0.135 e. The Hall–Kier alpha value is -4.95. The third-order valence-electron chi connectivity index (χ3n) is 11.0. The second kappa shape index (κ2) is 8.65. The highest BCUT2D eigenvalue weighted by Gasteiger charge is 2.59. The van der Waals surface area contributed by atoms with Crippen molar-refractivity contribution in [3.63, 3.8) is 0 Å². The molecule has 11 rings (SSSR count). The lowest BCUT2D eigenvalue weighted by molar-refractivity contribution is 0.633. The van der Waals surface area contributed by atoms with E-state index in [9.17, 15) is 0 Å². The zero-order valence-corrected chi connectivity index (χ0v) is 26.3. The summed E-state index contributed by atoms with van der Waals surface area (Å²) in [4.78, 5) is 0. The number of thiophene rings is 1. The summed E-state index contributed by atoms with van der Waals surface area (Å²) in [6, 6.07) is 56.7. The van der Waals surface area contributed by atoms with Crippen molar-refractivity contribution in [2.24, 2.45) is 0 Å². The Kier molecular flexibility index (Phi) is 4.75. The summed E-state index contributed by atoms with van der Waals surface area (Å²) in [6.07, 6.45) is 0. The van der Waals surface area contributed by atoms with E-state index in [1.165, 1.54) is 86.9 Å². The molecule has 0 saturated carbocycles. The van der Waals surface area contributed by atoms with Crippen LogP contribution >= 0.6 is 22.9 Å². The maximum Gasteiger partial charge on any atom is 0.0734 e. The van der Waals surface area contributed by atoms with E-state index in [-0.39, 0.29) is 0 Å². The molecule has 0 atom stereocenters. The van der Waals surface area contributed by atoms with Gasteiger partial charge in [0.1, 0.15) is 0 Å². The SMILES string of the molecule is Clc1cccc2c1C1(c3ccccc3C3(c4ccccc4-c4ccccc43)c3ccccc31)c1ccc3sc4ccccc4c3c1-2. The third kappa shape index (κ3) is 2.69. The lowest BCUT2D eigenvalue weighted by Crippen LogP contribution is -2.43. The number of halogens is 1. The van der Waals surface area contributed by atoms with Gasteiger partial charge in [-0.05, 0) is 85.0 Å². The van der Waals surface area contributed by atoms with Crippen LogP contribution in [0.4, 0.5) is 0 Å². The molecule has 2 heteroatoms. The van der Waals surface area contributed by atoms with E-state index >= 15 is 0 Å². The van der Waals surface area contributed by atoms with Gasteiger partial charge in [-0.2, -0.15) is 0 Å². The smallest absolute Gasteiger partial charge is 0.0734 e. The quantitative estimate of drug-likeness (QED) is 0.158. The summed E-state index contributed by atoms with van der Waals surface area (Å²) < 4.78 is 2.63. The van der Waals surface area contributed by atoms with Gasteiger partial charge >= 0.3 is 0 Å². The van der Waals surface area contributed by atoms with Gasteiger partial charge in [-0.3, -0.25) is 0 Å². The average molecular weight is 621 g/mol. The first-order valence-electron chi connectivity index (χ1n) is 15.9. The number of hydrogen-bond acceptors (Lipinski definition) is 1. The van der Waals surface area contributed by atoms with Crippen LogP contribution in [-0.4, -0.2) is 0 Å². The Morgan fingerprint density at radius 3 is 1.57 bits per heavy atom. The molecule has 0 aliphatic heterocycles. The highest BCUT2D eigenvalue weighted by molar-refractivity contribution is 7.26. The van der Waals surface area contributed by atoms with Gasteiger partial charge in [-0.15, -0.1) is 11.3 Å². The van der Waals surface area contributed by atoms with Crippen LogP contribution in [0.15, 0.2) is 152 Å². The average Bonchev–Trinajstić information content (AvgIpc) is 3.74. The minimum Gasteiger partial charge on any atom is -0.135 e. The molecule has 3 aliphatic rings. The van der Waals surface area contributed by atoms with Crippen LogP contribution in [0.25, 0.3) is 42.4 Å². The molecule has 2 spiro atoms. The molecule has 0 nitrogen and oxygen atoms in total. The number of fused-ring (bicyclic) bond motifs is 20. The molecule has 0 amide bonds.